The molecule has 0 bridgehead atoms. The van der Waals surface area contributed by atoms with Crippen LogP contribution in [0.4, 0.5) is 0 Å². The first kappa shape index (κ1) is 20.2. The van der Waals surface area contributed by atoms with Gasteiger partial charge in [0.05, 0.1) is 13.7 Å². The van der Waals surface area contributed by atoms with Crippen LogP contribution < -0.4 is 5.32 Å². The number of hydrogen-bond donors (Lipinski definition) is 2. The number of ether oxygens (including phenoxy) is 1. The molecule has 0 unspecified atom stereocenters. The second-order valence-electron chi connectivity index (χ2n) is 7.02. The highest BCUT2D eigenvalue weighted by molar-refractivity contribution is 5.95. The third-order valence-corrected chi connectivity index (χ3v) is 4.96. The smallest absolute Gasteiger partial charge is 0.354 e. The minimum Gasteiger partial charge on any atom is -0.464 e. The highest BCUT2D eigenvalue weighted by atomic mass is 16.5. The van der Waals surface area contributed by atoms with Crippen LogP contribution in [0.1, 0.15) is 32.1 Å². The van der Waals surface area contributed by atoms with E-state index in [0.29, 0.717) is 18.8 Å². The summed E-state index contributed by atoms with van der Waals surface area (Å²) in [6.07, 6.45) is 3.70. The van der Waals surface area contributed by atoms with E-state index in [-0.39, 0.29) is 11.6 Å². The minimum atomic E-state index is -0.514. The number of benzene rings is 2. The van der Waals surface area contributed by atoms with E-state index in [4.69, 9.17) is 0 Å². The van der Waals surface area contributed by atoms with Crippen molar-refractivity contribution >= 4 is 11.9 Å². The van der Waals surface area contributed by atoms with Crippen molar-refractivity contribution in [2.75, 3.05) is 7.11 Å². The van der Waals surface area contributed by atoms with E-state index in [0.717, 1.165) is 22.3 Å². The number of nitrogens with zero attached hydrogens (tertiary/aromatic N) is 2. The molecule has 7 nitrogen and oxygen atoms in total. The van der Waals surface area contributed by atoms with Crippen LogP contribution in [-0.4, -0.2) is 33.8 Å². The largest absolute Gasteiger partial charge is 0.464 e. The first-order chi connectivity index (χ1) is 15.1. The lowest BCUT2D eigenvalue weighted by atomic mass is 9.98. The standard InChI is InChI=1S/C24H22N4O3/c1-31-24(30)22-12-11-21(27-22)23(29)25-15-19-5-2-3-6-20(19)18-9-7-17(8-10-18)16-28-14-4-13-26-28/h2-14,27H,15-16H2,1H3,(H,25,29). The monoisotopic (exact) mass is 414 g/mol. The lowest BCUT2D eigenvalue weighted by Gasteiger charge is -2.11. The highest BCUT2D eigenvalue weighted by Crippen LogP contribution is 2.24. The molecule has 2 N–H and O–H groups in total. The number of methoxy groups -OCH3 is 1. The number of esters is 1. The zero-order valence-electron chi connectivity index (χ0n) is 17.0. The Bertz CT molecular complexity index is 1180. The zero-order valence-corrected chi connectivity index (χ0v) is 17.0. The van der Waals surface area contributed by atoms with Crippen LogP contribution in [-0.2, 0) is 17.8 Å². The average molecular weight is 414 g/mol. The van der Waals surface area contributed by atoms with Crippen molar-refractivity contribution in [1.29, 1.82) is 0 Å². The number of amides is 1. The molecule has 1 amide bonds. The molecule has 0 saturated heterocycles. The van der Waals surface area contributed by atoms with Gasteiger partial charge in [-0.05, 0) is 40.5 Å². The van der Waals surface area contributed by atoms with Gasteiger partial charge in [-0.15, -0.1) is 0 Å². The van der Waals surface area contributed by atoms with Crippen LogP contribution in [0.15, 0.2) is 79.1 Å². The molecule has 0 fully saturated rings. The number of carbonyl (C=O) groups is 2. The predicted molar refractivity (Wildman–Crippen MR) is 117 cm³/mol. The van der Waals surface area contributed by atoms with Gasteiger partial charge in [0.25, 0.3) is 5.91 Å². The third kappa shape index (κ3) is 4.72. The molecule has 7 heteroatoms. The van der Waals surface area contributed by atoms with Gasteiger partial charge in [-0.2, -0.15) is 5.10 Å². The molecule has 2 aromatic carbocycles. The fraction of sp³-hybridized carbons (Fsp3) is 0.125. The Morgan fingerprint density at radius 1 is 1.00 bits per heavy atom. The average Bonchev–Trinajstić information content (AvgIpc) is 3.50. The van der Waals surface area contributed by atoms with Gasteiger partial charge >= 0.3 is 5.97 Å². The molecule has 0 aliphatic heterocycles. The van der Waals surface area contributed by atoms with E-state index >= 15 is 0 Å². The summed E-state index contributed by atoms with van der Waals surface area (Å²) in [7, 11) is 1.30. The first-order valence-corrected chi connectivity index (χ1v) is 9.84. The Balaban J connectivity index is 1.45. The molecule has 0 aliphatic carbocycles. The van der Waals surface area contributed by atoms with Gasteiger partial charge < -0.3 is 15.0 Å². The van der Waals surface area contributed by atoms with Gasteiger partial charge in [0.2, 0.25) is 0 Å². The molecule has 31 heavy (non-hydrogen) atoms. The third-order valence-electron chi connectivity index (χ3n) is 4.96. The normalized spacial score (nSPS) is 10.6. The van der Waals surface area contributed by atoms with Crippen LogP contribution in [0.2, 0.25) is 0 Å². The molecular formula is C24H22N4O3. The lowest BCUT2D eigenvalue weighted by molar-refractivity contribution is 0.0595. The van der Waals surface area contributed by atoms with Crippen LogP contribution in [0.25, 0.3) is 11.1 Å². The second kappa shape index (κ2) is 9.13. The maximum Gasteiger partial charge on any atom is 0.354 e. The zero-order chi connectivity index (χ0) is 21.6. The summed E-state index contributed by atoms with van der Waals surface area (Å²) >= 11 is 0. The molecule has 4 rings (SSSR count). The van der Waals surface area contributed by atoms with E-state index in [1.54, 1.807) is 12.3 Å². The van der Waals surface area contributed by atoms with E-state index in [9.17, 15) is 9.59 Å². The van der Waals surface area contributed by atoms with Crippen LogP contribution in [0.5, 0.6) is 0 Å². The van der Waals surface area contributed by atoms with Crippen molar-refractivity contribution in [1.82, 2.24) is 20.1 Å². The molecule has 2 heterocycles. The van der Waals surface area contributed by atoms with Crippen molar-refractivity contribution in [3.63, 3.8) is 0 Å². The maximum absolute atomic E-state index is 12.5. The number of H-pyrrole nitrogens is 1. The van der Waals surface area contributed by atoms with E-state index in [1.165, 1.54) is 13.2 Å². The van der Waals surface area contributed by atoms with Crippen molar-refractivity contribution in [2.45, 2.75) is 13.1 Å². The van der Waals surface area contributed by atoms with Crippen molar-refractivity contribution < 1.29 is 14.3 Å². The fourth-order valence-electron chi connectivity index (χ4n) is 3.35. The molecule has 0 spiro atoms. The maximum atomic E-state index is 12.5. The first-order valence-electron chi connectivity index (χ1n) is 9.84. The number of hydrogen-bond acceptors (Lipinski definition) is 4. The van der Waals surface area contributed by atoms with Gasteiger partial charge in [0.1, 0.15) is 11.4 Å². The number of nitrogens with one attached hydrogen (secondary N) is 2. The number of carbonyl (C=O) groups excluding carboxylic acids is 2. The fourth-order valence-corrected chi connectivity index (χ4v) is 3.35. The Morgan fingerprint density at radius 3 is 2.52 bits per heavy atom. The predicted octanol–water partition coefficient (Wildman–Crippen LogP) is 3.64. The summed E-state index contributed by atoms with van der Waals surface area (Å²) < 4.78 is 6.53. The second-order valence-corrected chi connectivity index (χ2v) is 7.02. The van der Waals surface area contributed by atoms with Gasteiger partial charge in [-0.25, -0.2) is 4.79 Å². The van der Waals surface area contributed by atoms with Gasteiger partial charge in [0.15, 0.2) is 0 Å². The molecule has 2 aromatic heterocycles. The molecule has 4 aromatic rings. The van der Waals surface area contributed by atoms with Gasteiger partial charge in [-0.1, -0.05) is 48.5 Å². The summed E-state index contributed by atoms with van der Waals surface area (Å²) in [5, 5.41) is 7.14. The van der Waals surface area contributed by atoms with Gasteiger partial charge in [-0.3, -0.25) is 9.48 Å². The summed E-state index contributed by atoms with van der Waals surface area (Å²) in [5.74, 6) is -0.806. The summed E-state index contributed by atoms with van der Waals surface area (Å²) in [5.41, 5.74) is 4.82. The summed E-state index contributed by atoms with van der Waals surface area (Å²) in [6.45, 7) is 1.07. The Hall–Kier alpha value is -4.13. The highest BCUT2D eigenvalue weighted by Gasteiger charge is 2.13. The van der Waals surface area contributed by atoms with E-state index < -0.39 is 5.97 Å². The summed E-state index contributed by atoms with van der Waals surface area (Å²) in [6, 6.07) is 21.3. The van der Waals surface area contributed by atoms with Crippen molar-refractivity contribution in [3.05, 3.63) is 102 Å². The van der Waals surface area contributed by atoms with Gasteiger partial charge in [0, 0.05) is 18.9 Å². The molecule has 0 aliphatic rings. The van der Waals surface area contributed by atoms with Crippen LogP contribution >= 0.6 is 0 Å². The molecule has 0 saturated carbocycles. The number of rotatable bonds is 7. The minimum absolute atomic E-state index is 0.239. The van der Waals surface area contributed by atoms with Crippen LogP contribution in [0.3, 0.4) is 0 Å². The Morgan fingerprint density at radius 2 is 1.77 bits per heavy atom. The van der Waals surface area contributed by atoms with E-state index in [2.05, 4.69) is 44.4 Å². The van der Waals surface area contributed by atoms with E-state index in [1.807, 2.05) is 41.2 Å². The Kier molecular flexibility index (Phi) is 5.93. The van der Waals surface area contributed by atoms with Crippen molar-refractivity contribution in [2.24, 2.45) is 0 Å². The molecule has 156 valence electrons. The quantitative estimate of drug-likeness (QED) is 0.452. The lowest BCUT2D eigenvalue weighted by Crippen LogP contribution is -2.23. The Labute approximate surface area is 179 Å². The topological polar surface area (TPSA) is 89.0 Å². The number of aromatic amines is 1. The molecule has 0 atom stereocenters. The van der Waals surface area contributed by atoms with Crippen LogP contribution in [0, 0.1) is 0 Å². The molecule has 0 radical (unpaired) electrons. The molecular weight excluding hydrogens is 392 g/mol. The number of aromatic nitrogens is 3. The van der Waals surface area contributed by atoms with Crippen molar-refractivity contribution in [3.8, 4) is 11.1 Å². The SMILES string of the molecule is COC(=O)c1ccc(C(=O)NCc2ccccc2-c2ccc(Cn3cccn3)cc2)[nH]1. The summed E-state index contributed by atoms with van der Waals surface area (Å²) in [4.78, 5) is 26.8.